The van der Waals surface area contributed by atoms with Gasteiger partial charge < -0.3 is 5.32 Å². The lowest BCUT2D eigenvalue weighted by Gasteiger charge is -2.14. The molecule has 0 spiro atoms. The monoisotopic (exact) mass is 341 g/mol. The van der Waals surface area contributed by atoms with Crippen molar-refractivity contribution in [1.29, 1.82) is 5.26 Å². The quantitative estimate of drug-likeness (QED) is 0.922. The van der Waals surface area contributed by atoms with Gasteiger partial charge in [-0.05, 0) is 36.2 Å². The van der Waals surface area contributed by atoms with Gasteiger partial charge in [0, 0.05) is 12.3 Å². The number of nitrogens with zero attached hydrogens (tertiary/aromatic N) is 2. The number of nitriles is 1. The molecule has 1 aromatic carbocycles. The third-order valence-electron chi connectivity index (χ3n) is 2.92. The van der Waals surface area contributed by atoms with E-state index < -0.39 is 9.84 Å². The number of sulfone groups is 1. The van der Waals surface area contributed by atoms with E-state index in [4.69, 9.17) is 16.9 Å². The van der Waals surface area contributed by atoms with Crippen molar-refractivity contribution < 1.29 is 8.42 Å². The fourth-order valence-electron chi connectivity index (χ4n) is 1.75. The second kappa shape index (κ2) is 6.02. The SMILES string of the molecule is C[C@@H](Nc1snc(Cl)c1C#N)c1ccc(S(C)(=O)=O)cc1. The first-order valence-electron chi connectivity index (χ1n) is 5.94. The Morgan fingerprint density at radius 2 is 2.00 bits per heavy atom. The standard InChI is InChI=1S/C13H12ClN3O2S2/c1-8(16-13-11(7-15)12(14)17-20-13)9-3-5-10(6-4-9)21(2,18)19/h3-6,8,16H,1-2H3/t8-/m1/s1. The second-order valence-corrected chi connectivity index (χ2v) is 7.64. The Morgan fingerprint density at radius 1 is 1.38 bits per heavy atom. The maximum absolute atomic E-state index is 11.4. The number of nitrogens with one attached hydrogen (secondary N) is 1. The molecular formula is C13H12ClN3O2S2. The van der Waals surface area contributed by atoms with Crippen LogP contribution in [0.25, 0.3) is 0 Å². The van der Waals surface area contributed by atoms with Gasteiger partial charge in [-0.3, -0.25) is 0 Å². The number of aromatic nitrogens is 1. The highest BCUT2D eigenvalue weighted by Crippen LogP contribution is 2.30. The fraction of sp³-hybridized carbons (Fsp3) is 0.231. The highest BCUT2D eigenvalue weighted by molar-refractivity contribution is 7.90. The van der Waals surface area contributed by atoms with E-state index >= 15 is 0 Å². The van der Waals surface area contributed by atoms with Crippen molar-refractivity contribution >= 4 is 38.0 Å². The van der Waals surface area contributed by atoms with E-state index in [0.717, 1.165) is 17.1 Å². The van der Waals surface area contributed by atoms with Gasteiger partial charge in [-0.25, -0.2) is 8.42 Å². The molecule has 0 aliphatic heterocycles. The zero-order valence-electron chi connectivity index (χ0n) is 11.3. The van der Waals surface area contributed by atoms with Crippen molar-refractivity contribution in [3.05, 3.63) is 40.5 Å². The zero-order valence-corrected chi connectivity index (χ0v) is 13.7. The van der Waals surface area contributed by atoms with E-state index in [-0.39, 0.29) is 16.1 Å². The van der Waals surface area contributed by atoms with Gasteiger partial charge in [0.25, 0.3) is 0 Å². The van der Waals surface area contributed by atoms with Crippen LogP contribution < -0.4 is 5.32 Å². The molecule has 0 bridgehead atoms. The van der Waals surface area contributed by atoms with E-state index in [0.29, 0.717) is 10.6 Å². The van der Waals surface area contributed by atoms with Gasteiger partial charge >= 0.3 is 0 Å². The molecule has 0 amide bonds. The second-order valence-electron chi connectivity index (χ2n) is 4.50. The molecule has 0 unspecified atom stereocenters. The molecule has 0 aliphatic rings. The van der Waals surface area contributed by atoms with E-state index in [1.807, 2.05) is 13.0 Å². The first-order chi connectivity index (χ1) is 9.82. The zero-order chi connectivity index (χ0) is 15.6. The molecule has 5 nitrogen and oxygen atoms in total. The summed E-state index contributed by atoms with van der Waals surface area (Å²) in [6, 6.07) is 8.50. The van der Waals surface area contributed by atoms with Crippen LogP contribution in [-0.4, -0.2) is 19.0 Å². The van der Waals surface area contributed by atoms with Crippen LogP contribution in [-0.2, 0) is 9.84 Å². The molecule has 1 N–H and O–H groups in total. The molecule has 1 heterocycles. The number of rotatable bonds is 4. The molecule has 1 aromatic heterocycles. The summed E-state index contributed by atoms with van der Waals surface area (Å²) in [6.07, 6.45) is 1.17. The first kappa shape index (κ1) is 15.8. The molecule has 0 saturated heterocycles. The van der Waals surface area contributed by atoms with Gasteiger partial charge in [-0.2, -0.15) is 9.64 Å². The molecule has 21 heavy (non-hydrogen) atoms. The van der Waals surface area contributed by atoms with E-state index in [1.54, 1.807) is 24.3 Å². The number of hydrogen-bond acceptors (Lipinski definition) is 6. The highest BCUT2D eigenvalue weighted by Gasteiger charge is 2.15. The maximum atomic E-state index is 11.4. The summed E-state index contributed by atoms with van der Waals surface area (Å²) >= 11 is 6.94. The Balaban J connectivity index is 2.21. The van der Waals surface area contributed by atoms with Crippen LogP contribution in [0.1, 0.15) is 24.1 Å². The number of halogens is 1. The average Bonchev–Trinajstić information content (AvgIpc) is 2.78. The smallest absolute Gasteiger partial charge is 0.175 e. The van der Waals surface area contributed by atoms with Gasteiger partial charge in [0.05, 0.1) is 4.90 Å². The molecule has 2 rings (SSSR count). The van der Waals surface area contributed by atoms with Crippen LogP contribution in [0, 0.1) is 11.3 Å². The third-order valence-corrected chi connectivity index (χ3v) is 5.20. The summed E-state index contributed by atoms with van der Waals surface area (Å²) in [4.78, 5) is 0.275. The number of anilines is 1. The average molecular weight is 342 g/mol. The summed E-state index contributed by atoms with van der Waals surface area (Å²) in [6.45, 7) is 1.91. The summed E-state index contributed by atoms with van der Waals surface area (Å²) in [5, 5.41) is 13.0. The van der Waals surface area contributed by atoms with Gasteiger partial charge in [0.1, 0.15) is 16.6 Å². The normalized spacial score (nSPS) is 12.7. The van der Waals surface area contributed by atoms with Crippen molar-refractivity contribution in [3.63, 3.8) is 0 Å². The van der Waals surface area contributed by atoms with Crippen LogP contribution in [0.3, 0.4) is 0 Å². The van der Waals surface area contributed by atoms with E-state index in [2.05, 4.69) is 9.69 Å². The highest BCUT2D eigenvalue weighted by atomic mass is 35.5. The van der Waals surface area contributed by atoms with Crippen molar-refractivity contribution in [2.75, 3.05) is 11.6 Å². The molecule has 0 radical (unpaired) electrons. The molecule has 8 heteroatoms. The van der Waals surface area contributed by atoms with Gasteiger partial charge in [0.15, 0.2) is 15.0 Å². The van der Waals surface area contributed by atoms with Gasteiger partial charge in [-0.1, -0.05) is 23.7 Å². The van der Waals surface area contributed by atoms with Crippen molar-refractivity contribution in [1.82, 2.24) is 4.37 Å². The maximum Gasteiger partial charge on any atom is 0.175 e. The molecule has 110 valence electrons. The fourth-order valence-corrected chi connectivity index (χ4v) is 3.40. The minimum Gasteiger partial charge on any atom is -0.368 e. The van der Waals surface area contributed by atoms with E-state index in [1.165, 1.54) is 6.26 Å². The number of benzene rings is 1. The molecule has 1 atom stereocenters. The summed E-state index contributed by atoms with van der Waals surface area (Å²) in [7, 11) is -3.20. The molecule has 2 aromatic rings. The van der Waals surface area contributed by atoms with Crippen LogP contribution >= 0.6 is 23.1 Å². The topological polar surface area (TPSA) is 82.8 Å². The van der Waals surface area contributed by atoms with Gasteiger partial charge in [0.2, 0.25) is 0 Å². The summed E-state index contributed by atoms with van der Waals surface area (Å²) in [5.41, 5.74) is 1.22. The van der Waals surface area contributed by atoms with Gasteiger partial charge in [-0.15, -0.1) is 0 Å². The lowest BCUT2D eigenvalue weighted by molar-refractivity contribution is 0.602. The van der Waals surface area contributed by atoms with Crippen LogP contribution in [0.2, 0.25) is 5.15 Å². The number of hydrogen-bond donors (Lipinski definition) is 1. The first-order valence-corrected chi connectivity index (χ1v) is 8.99. The lowest BCUT2D eigenvalue weighted by atomic mass is 10.1. The van der Waals surface area contributed by atoms with Crippen LogP contribution in [0.5, 0.6) is 0 Å². The Labute approximate surface area is 132 Å². The third kappa shape index (κ3) is 3.53. The largest absolute Gasteiger partial charge is 0.368 e. The Bertz CT molecular complexity index is 792. The van der Waals surface area contributed by atoms with Crippen LogP contribution in [0.4, 0.5) is 5.00 Å². The van der Waals surface area contributed by atoms with Crippen molar-refractivity contribution in [2.45, 2.75) is 17.9 Å². The Hall–Kier alpha value is -1.62. The Kier molecular flexibility index (Phi) is 4.52. The minimum atomic E-state index is -3.20. The molecule has 0 fully saturated rings. The molecule has 0 aliphatic carbocycles. The Morgan fingerprint density at radius 3 is 2.52 bits per heavy atom. The van der Waals surface area contributed by atoms with Crippen molar-refractivity contribution in [2.24, 2.45) is 0 Å². The predicted octanol–water partition coefficient (Wildman–Crippen LogP) is 3.24. The minimum absolute atomic E-state index is 0.109. The molecular weight excluding hydrogens is 330 g/mol. The summed E-state index contributed by atoms with van der Waals surface area (Å²) < 4.78 is 26.8. The van der Waals surface area contributed by atoms with E-state index in [9.17, 15) is 8.42 Å². The van der Waals surface area contributed by atoms with Crippen LogP contribution in [0.15, 0.2) is 29.2 Å². The predicted molar refractivity (Wildman–Crippen MR) is 83.4 cm³/mol. The summed E-state index contributed by atoms with van der Waals surface area (Å²) in [5.74, 6) is 0. The molecule has 0 saturated carbocycles. The van der Waals surface area contributed by atoms with Crippen molar-refractivity contribution in [3.8, 4) is 6.07 Å². The lowest BCUT2D eigenvalue weighted by Crippen LogP contribution is -2.07.